The summed E-state index contributed by atoms with van der Waals surface area (Å²) < 4.78 is 0. The van der Waals surface area contributed by atoms with E-state index in [2.05, 4.69) is 16.0 Å². The highest BCUT2D eigenvalue weighted by atomic mass is 16.4. The van der Waals surface area contributed by atoms with Crippen molar-refractivity contribution in [3.8, 4) is 0 Å². The third kappa shape index (κ3) is 11.6. The molecule has 0 saturated carbocycles. The summed E-state index contributed by atoms with van der Waals surface area (Å²) >= 11 is 0. The van der Waals surface area contributed by atoms with Crippen LogP contribution in [0.15, 0.2) is 0 Å². The van der Waals surface area contributed by atoms with E-state index in [1.807, 2.05) is 0 Å². The second-order valence-corrected chi connectivity index (χ2v) is 7.74. The van der Waals surface area contributed by atoms with Crippen LogP contribution in [0.2, 0.25) is 0 Å². The Kier molecular flexibility index (Phi) is 13.8. The van der Waals surface area contributed by atoms with Gasteiger partial charge in [-0.15, -0.1) is 0 Å². The Balaban J connectivity index is 5.46. The van der Waals surface area contributed by atoms with Crippen LogP contribution in [-0.4, -0.2) is 87.8 Å². The Hall–Kier alpha value is -2.81. The number of aliphatic carboxylic acids is 1. The molecule has 6 atom stereocenters. The van der Waals surface area contributed by atoms with Gasteiger partial charge in [0.15, 0.2) is 0 Å². The Morgan fingerprint density at radius 1 is 0.818 bits per heavy atom. The number of hydrogen-bond acceptors (Lipinski definition) is 9. The Morgan fingerprint density at radius 2 is 1.39 bits per heavy atom. The maximum Gasteiger partial charge on any atom is 0.326 e. The van der Waals surface area contributed by atoms with E-state index in [0.29, 0.717) is 19.4 Å². The lowest BCUT2D eigenvalue weighted by atomic mass is 10.0. The molecule has 0 saturated heterocycles. The molecule has 0 aliphatic heterocycles. The maximum absolute atomic E-state index is 12.7. The number of carboxylic acid groups (broad SMARTS) is 1. The molecular formula is C19H36N6O8. The molecule has 190 valence electrons. The molecule has 0 bridgehead atoms. The number of carbonyl (C=O) groups excluding carboxylic acids is 4. The van der Waals surface area contributed by atoms with Crippen LogP contribution in [0.25, 0.3) is 0 Å². The van der Waals surface area contributed by atoms with Gasteiger partial charge in [-0.05, 0) is 46.1 Å². The van der Waals surface area contributed by atoms with Crippen molar-refractivity contribution in [2.24, 2.45) is 17.2 Å². The van der Waals surface area contributed by atoms with Crippen molar-refractivity contribution in [2.75, 3.05) is 6.54 Å². The van der Waals surface area contributed by atoms with Crippen LogP contribution in [0.4, 0.5) is 0 Å². The highest BCUT2D eigenvalue weighted by molar-refractivity contribution is 5.94. The van der Waals surface area contributed by atoms with Crippen LogP contribution in [0.5, 0.6) is 0 Å². The summed E-state index contributed by atoms with van der Waals surface area (Å²) in [5.74, 6) is -4.79. The van der Waals surface area contributed by atoms with Gasteiger partial charge in [-0.3, -0.25) is 19.2 Å². The van der Waals surface area contributed by atoms with Gasteiger partial charge in [-0.25, -0.2) is 4.79 Å². The van der Waals surface area contributed by atoms with Gasteiger partial charge in [-0.1, -0.05) is 0 Å². The molecule has 14 heteroatoms. The molecule has 0 aromatic carbocycles. The van der Waals surface area contributed by atoms with Gasteiger partial charge >= 0.3 is 5.97 Å². The standard InChI is InChI=1S/C19H36N6O8/c1-9(26)14(22)17(30)25-15(10(2)27)18(31)23-11(5-3-4-8-20)16(29)24-12(19(32)33)6-7-13(21)28/h9-12,14-15,26-27H,3-8,20,22H2,1-2H3,(H2,21,28)(H,23,31)(H,24,29)(H,25,30)(H,32,33). The van der Waals surface area contributed by atoms with Crippen LogP contribution in [0.3, 0.4) is 0 Å². The summed E-state index contributed by atoms with van der Waals surface area (Å²) in [6, 6.07) is -5.50. The molecule has 0 spiro atoms. The van der Waals surface area contributed by atoms with E-state index in [-0.39, 0.29) is 19.3 Å². The van der Waals surface area contributed by atoms with E-state index in [1.165, 1.54) is 13.8 Å². The largest absolute Gasteiger partial charge is 0.480 e. The molecule has 14 nitrogen and oxygen atoms in total. The Labute approximate surface area is 191 Å². The topological polar surface area (TPSA) is 260 Å². The molecule has 6 unspecified atom stereocenters. The molecule has 33 heavy (non-hydrogen) atoms. The van der Waals surface area contributed by atoms with Gasteiger partial charge in [0, 0.05) is 6.42 Å². The monoisotopic (exact) mass is 476 g/mol. The first-order valence-electron chi connectivity index (χ1n) is 10.6. The number of nitrogens with one attached hydrogen (secondary N) is 3. The average molecular weight is 477 g/mol. The van der Waals surface area contributed by atoms with Crippen LogP contribution in [0.1, 0.15) is 46.0 Å². The predicted molar refractivity (Wildman–Crippen MR) is 116 cm³/mol. The van der Waals surface area contributed by atoms with Crippen molar-refractivity contribution >= 4 is 29.6 Å². The summed E-state index contributed by atoms with van der Waals surface area (Å²) in [6.07, 6.45) is -2.11. The van der Waals surface area contributed by atoms with E-state index in [9.17, 15) is 39.3 Å². The molecule has 0 aliphatic rings. The minimum atomic E-state index is -1.50. The fourth-order valence-electron chi connectivity index (χ4n) is 2.71. The number of hydrogen-bond donors (Lipinski definition) is 9. The number of primary amides is 1. The number of rotatable bonds is 16. The number of carbonyl (C=O) groups is 5. The zero-order valence-electron chi connectivity index (χ0n) is 18.8. The number of nitrogens with two attached hydrogens (primary N) is 3. The van der Waals surface area contributed by atoms with Crippen molar-refractivity contribution < 1.29 is 39.3 Å². The zero-order valence-corrected chi connectivity index (χ0v) is 18.8. The fourth-order valence-corrected chi connectivity index (χ4v) is 2.71. The third-order valence-electron chi connectivity index (χ3n) is 4.76. The summed E-state index contributed by atoms with van der Waals surface area (Å²) in [5.41, 5.74) is 16.0. The molecule has 12 N–H and O–H groups in total. The molecule has 0 heterocycles. The number of carboxylic acids is 1. The zero-order chi connectivity index (χ0) is 25.7. The smallest absolute Gasteiger partial charge is 0.326 e. The Bertz CT molecular complexity index is 687. The van der Waals surface area contributed by atoms with Crippen LogP contribution in [-0.2, 0) is 24.0 Å². The SMILES string of the molecule is CC(O)C(N)C(=O)NC(C(=O)NC(CCCCN)C(=O)NC(CCC(N)=O)C(=O)O)C(C)O. The Morgan fingerprint density at radius 3 is 1.85 bits per heavy atom. The number of aliphatic hydroxyl groups is 2. The quantitative estimate of drug-likeness (QED) is 0.0975. The van der Waals surface area contributed by atoms with Crippen LogP contribution < -0.4 is 33.2 Å². The fraction of sp³-hybridized carbons (Fsp3) is 0.737. The third-order valence-corrected chi connectivity index (χ3v) is 4.76. The molecular weight excluding hydrogens is 440 g/mol. The van der Waals surface area contributed by atoms with Gasteiger partial charge in [0.1, 0.15) is 24.2 Å². The van der Waals surface area contributed by atoms with Gasteiger partial charge in [0.05, 0.1) is 12.2 Å². The normalized spacial score (nSPS) is 16.4. The molecule has 0 fully saturated rings. The number of unbranched alkanes of at least 4 members (excludes halogenated alkanes) is 1. The number of amides is 4. The highest BCUT2D eigenvalue weighted by Crippen LogP contribution is 2.06. The molecule has 0 radical (unpaired) electrons. The summed E-state index contributed by atoms with van der Waals surface area (Å²) in [5, 5.41) is 35.5. The summed E-state index contributed by atoms with van der Waals surface area (Å²) in [7, 11) is 0. The van der Waals surface area contributed by atoms with Gasteiger partial charge in [0.25, 0.3) is 0 Å². The van der Waals surface area contributed by atoms with E-state index in [4.69, 9.17) is 17.2 Å². The summed E-state index contributed by atoms with van der Waals surface area (Å²) in [4.78, 5) is 59.9. The van der Waals surface area contributed by atoms with E-state index < -0.39 is 66.0 Å². The minimum absolute atomic E-state index is 0.0879. The van der Waals surface area contributed by atoms with Gasteiger partial charge in [0.2, 0.25) is 23.6 Å². The second kappa shape index (κ2) is 15.1. The molecule has 0 aromatic heterocycles. The number of aliphatic hydroxyl groups excluding tert-OH is 2. The van der Waals surface area contributed by atoms with E-state index >= 15 is 0 Å². The first-order valence-corrected chi connectivity index (χ1v) is 10.6. The average Bonchev–Trinajstić information content (AvgIpc) is 2.72. The van der Waals surface area contributed by atoms with Crippen molar-refractivity contribution in [1.29, 1.82) is 0 Å². The van der Waals surface area contributed by atoms with Crippen LogP contribution in [0, 0.1) is 0 Å². The van der Waals surface area contributed by atoms with E-state index in [1.54, 1.807) is 0 Å². The van der Waals surface area contributed by atoms with Gasteiger partial charge < -0.3 is 48.5 Å². The lowest BCUT2D eigenvalue weighted by Gasteiger charge is -2.27. The lowest BCUT2D eigenvalue weighted by molar-refractivity contribution is -0.142. The van der Waals surface area contributed by atoms with Crippen molar-refractivity contribution in [2.45, 2.75) is 82.3 Å². The molecule has 0 rings (SSSR count). The summed E-state index contributed by atoms with van der Waals surface area (Å²) in [6.45, 7) is 2.82. The lowest BCUT2D eigenvalue weighted by Crippen LogP contribution is -2.60. The predicted octanol–water partition coefficient (Wildman–Crippen LogP) is -3.99. The molecule has 4 amide bonds. The molecule has 0 aliphatic carbocycles. The maximum atomic E-state index is 12.7. The first kappa shape index (κ1) is 30.2. The van der Waals surface area contributed by atoms with Gasteiger partial charge in [-0.2, -0.15) is 0 Å². The van der Waals surface area contributed by atoms with Crippen molar-refractivity contribution in [3.63, 3.8) is 0 Å². The first-order chi connectivity index (χ1) is 15.3. The highest BCUT2D eigenvalue weighted by Gasteiger charge is 2.33. The second-order valence-electron chi connectivity index (χ2n) is 7.74. The van der Waals surface area contributed by atoms with Crippen molar-refractivity contribution in [3.05, 3.63) is 0 Å². The molecule has 0 aromatic rings. The van der Waals surface area contributed by atoms with Crippen LogP contribution >= 0.6 is 0 Å². The van der Waals surface area contributed by atoms with Crippen molar-refractivity contribution in [1.82, 2.24) is 16.0 Å². The minimum Gasteiger partial charge on any atom is -0.480 e. The van der Waals surface area contributed by atoms with E-state index in [0.717, 1.165) is 0 Å².